The van der Waals surface area contributed by atoms with E-state index in [2.05, 4.69) is 5.32 Å². The van der Waals surface area contributed by atoms with E-state index in [1.807, 2.05) is 62.4 Å². The number of nitrogens with zero attached hydrogens (tertiary/aromatic N) is 1. The number of rotatable bonds is 13. The molecule has 0 radical (unpaired) electrons. The summed E-state index contributed by atoms with van der Waals surface area (Å²) in [6.07, 6.45) is 1.04. The molecule has 6 nitrogen and oxygen atoms in total. The zero-order chi connectivity index (χ0) is 28.4. The zero-order valence-corrected chi connectivity index (χ0v) is 24.4. The van der Waals surface area contributed by atoms with Gasteiger partial charge in [0.25, 0.3) is 0 Å². The number of nitrogens with one attached hydrogen (secondary N) is 1. The topological polar surface area (TPSA) is 67.9 Å². The van der Waals surface area contributed by atoms with Crippen LogP contribution >= 0.6 is 23.2 Å². The van der Waals surface area contributed by atoms with E-state index < -0.39 is 6.04 Å². The average molecular weight is 572 g/mol. The van der Waals surface area contributed by atoms with Crippen molar-refractivity contribution in [2.45, 2.75) is 45.7 Å². The Labute approximate surface area is 241 Å². The van der Waals surface area contributed by atoms with E-state index in [4.69, 9.17) is 32.7 Å². The van der Waals surface area contributed by atoms with Gasteiger partial charge in [-0.3, -0.25) is 9.59 Å². The highest BCUT2D eigenvalue weighted by Crippen LogP contribution is 2.29. The molecule has 0 spiro atoms. The Morgan fingerprint density at radius 3 is 2.26 bits per heavy atom. The van der Waals surface area contributed by atoms with Gasteiger partial charge >= 0.3 is 0 Å². The normalized spacial score (nSPS) is 11.7. The van der Waals surface area contributed by atoms with Gasteiger partial charge in [-0.15, -0.1) is 0 Å². The summed E-state index contributed by atoms with van der Waals surface area (Å²) in [6.45, 7) is 4.75. The molecule has 0 aliphatic heterocycles. The van der Waals surface area contributed by atoms with Crippen LogP contribution in [0.2, 0.25) is 10.0 Å². The molecule has 0 fully saturated rings. The van der Waals surface area contributed by atoms with Gasteiger partial charge < -0.3 is 19.7 Å². The van der Waals surface area contributed by atoms with Gasteiger partial charge in [-0.05, 0) is 53.3 Å². The highest BCUT2D eigenvalue weighted by molar-refractivity contribution is 6.35. The first-order valence-electron chi connectivity index (χ1n) is 13.0. The molecule has 0 heterocycles. The van der Waals surface area contributed by atoms with E-state index in [0.29, 0.717) is 40.9 Å². The number of methoxy groups -OCH3 is 2. The number of halogens is 2. The van der Waals surface area contributed by atoms with Crippen LogP contribution in [0.25, 0.3) is 0 Å². The SMILES string of the molecule is COc1ccc(CCC(=O)N(Cc2ccc(Cl)cc2Cl)[C@@H](Cc2ccccc2)C(=O)NCC(C)C)cc1OC. The fourth-order valence-corrected chi connectivity index (χ4v) is 4.71. The Morgan fingerprint density at radius 2 is 1.62 bits per heavy atom. The average Bonchev–Trinajstić information content (AvgIpc) is 2.93. The van der Waals surface area contributed by atoms with Crippen LogP contribution in [0.1, 0.15) is 37.0 Å². The predicted molar refractivity (Wildman–Crippen MR) is 157 cm³/mol. The molecule has 208 valence electrons. The molecule has 39 heavy (non-hydrogen) atoms. The number of aryl methyl sites for hydroxylation is 1. The van der Waals surface area contributed by atoms with Crippen LogP contribution in [0.4, 0.5) is 0 Å². The lowest BCUT2D eigenvalue weighted by atomic mass is 10.0. The minimum atomic E-state index is -0.726. The van der Waals surface area contributed by atoms with Gasteiger partial charge in [-0.25, -0.2) is 0 Å². The molecule has 0 aliphatic carbocycles. The van der Waals surface area contributed by atoms with Crippen molar-refractivity contribution in [2.24, 2.45) is 5.92 Å². The van der Waals surface area contributed by atoms with Crippen LogP contribution < -0.4 is 14.8 Å². The Hall–Kier alpha value is -3.22. The molecular formula is C31H36Cl2N2O4. The minimum absolute atomic E-state index is 0.156. The fraction of sp³-hybridized carbons (Fsp3) is 0.355. The number of ether oxygens (including phenoxy) is 2. The standard InChI is InChI=1S/C31H36Cl2N2O4/c1-21(2)19-34-31(37)27(16-22-8-6-5-7-9-22)35(20-24-12-13-25(32)18-26(24)33)30(36)15-11-23-10-14-28(38-3)29(17-23)39-4/h5-10,12-14,17-18,21,27H,11,15-16,19-20H2,1-4H3,(H,34,37)/t27-/m0/s1. The number of carbonyl (C=O) groups excluding carboxylic acids is 2. The molecule has 8 heteroatoms. The summed E-state index contributed by atoms with van der Waals surface area (Å²) in [5.41, 5.74) is 2.60. The molecule has 3 aromatic rings. The predicted octanol–water partition coefficient (Wildman–Crippen LogP) is 6.36. The molecule has 0 unspecified atom stereocenters. The molecule has 3 aromatic carbocycles. The number of hydrogen-bond donors (Lipinski definition) is 1. The number of carbonyl (C=O) groups is 2. The van der Waals surface area contributed by atoms with Crippen LogP contribution in [-0.2, 0) is 29.0 Å². The van der Waals surface area contributed by atoms with Crippen molar-refractivity contribution in [3.63, 3.8) is 0 Å². The Balaban J connectivity index is 1.93. The summed E-state index contributed by atoms with van der Waals surface area (Å²) in [5, 5.41) is 3.98. The van der Waals surface area contributed by atoms with Gasteiger partial charge in [-0.1, -0.05) is 79.5 Å². The van der Waals surface area contributed by atoms with Gasteiger partial charge in [0.05, 0.1) is 14.2 Å². The maximum Gasteiger partial charge on any atom is 0.243 e. The summed E-state index contributed by atoms with van der Waals surface area (Å²) < 4.78 is 10.7. The Kier molecular flexibility index (Phi) is 11.5. The second kappa shape index (κ2) is 14.8. The van der Waals surface area contributed by atoms with E-state index in [-0.39, 0.29) is 30.7 Å². The summed E-state index contributed by atoms with van der Waals surface area (Å²) >= 11 is 12.6. The maximum absolute atomic E-state index is 13.9. The van der Waals surface area contributed by atoms with Crippen LogP contribution in [0.5, 0.6) is 11.5 Å². The third-order valence-electron chi connectivity index (χ3n) is 6.39. The van der Waals surface area contributed by atoms with Crippen LogP contribution in [0.15, 0.2) is 66.7 Å². The summed E-state index contributed by atoms with van der Waals surface area (Å²) in [6, 6.07) is 19.8. The highest BCUT2D eigenvalue weighted by Gasteiger charge is 2.30. The third kappa shape index (κ3) is 8.91. The van der Waals surface area contributed by atoms with Crippen molar-refractivity contribution in [2.75, 3.05) is 20.8 Å². The molecule has 0 aliphatic rings. The smallest absolute Gasteiger partial charge is 0.243 e. The van der Waals surface area contributed by atoms with Gasteiger partial charge in [0, 0.05) is 36.0 Å². The molecule has 1 N–H and O–H groups in total. The van der Waals surface area contributed by atoms with Crippen LogP contribution in [0.3, 0.4) is 0 Å². The van der Waals surface area contributed by atoms with Gasteiger partial charge in [0.1, 0.15) is 6.04 Å². The van der Waals surface area contributed by atoms with Crippen molar-refractivity contribution in [1.82, 2.24) is 10.2 Å². The first kappa shape index (κ1) is 30.3. The second-order valence-corrected chi connectivity index (χ2v) is 10.6. The van der Waals surface area contributed by atoms with Crippen LogP contribution in [-0.4, -0.2) is 43.5 Å². The molecule has 3 rings (SSSR count). The first-order valence-corrected chi connectivity index (χ1v) is 13.7. The summed E-state index contributed by atoms with van der Waals surface area (Å²) in [4.78, 5) is 29.1. The van der Waals surface area contributed by atoms with Gasteiger partial charge in [0.15, 0.2) is 11.5 Å². The largest absolute Gasteiger partial charge is 0.493 e. The van der Waals surface area contributed by atoms with Gasteiger partial charge in [-0.2, -0.15) is 0 Å². The van der Waals surface area contributed by atoms with E-state index in [1.54, 1.807) is 37.3 Å². The van der Waals surface area contributed by atoms with E-state index >= 15 is 0 Å². The molecular weight excluding hydrogens is 535 g/mol. The lowest BCUT2D eigenvalue weighted by Crippen LogP contribution is -2.51. The molecule has 0 saturated heterocycles. The Morgan fingerprint density at radius 1 is 0.897 bits per heavy atom. The maximum atomic E-state index is 13.9. The van der Waals surface area contributed by atoms with Crippen molar-refractivity contribution in [1.29, 1.82) is 0 Å². The molecule has 0 bridgehead atoms. The van der Waals surface area contributed by atoms with Crippen molar-refractivity contribution < 1.29 is 19.1 Å². The van der Waals surface area contributed by atoms with Crippen molar-refractivity contribution >= 4 is 35.0 Å². The lowest BCUT2D eigenvalue weighted by Gasteiger charge is -2.32. The summed E-state index contributed by atoms with van der Waals surface area (Å²) in [5.74, 6) is 1.14. The second-order valence-electron chi connectivity index (χ2n) is 9.79. The third-order valence-corrected chi connectivity index (χ3v) is 6.97. The molecule has 0 saturated carbocycles. The number of amides is 2. The zero-order valence-electron chi connectivity index (χ0n) is 22.9. The molecule has 2 amide bonds. The van der Waals surface area contributed by atoms with Crippen molar-refractivity contribution in [3.8, 4) is 11.5 Å². The lowest BCUT2D eigenvalue weighted by molar-refractivity contribution is -0.141. The Bertz CT molecular complexity index is 1250. The highest BCUT2D eigenvalue weighted by atomic mass is 35.5. The quantitative estimate of drug-likeness (QED) is 0.260. The number of hydrogen-bond acceptors (Lipinski definition) is 4. The minimum Gasteiger partial charge on any atom is -0.493 e. The van der Waals surface area contributed by atoms with Crippen LogP contribution in [0, 0.1) is 5.92 Å². The van der Waals surface area contributed by atoms with Crippen molar-refractivity contribution in [3.05, 3.63) is 93.5 Å². The molecule has 1 atom stereocenters. The summed E-state index contributed by atoms with van der Waals surface area (Å²) in [7, 11) is 3.16. The first-order chi connectivity index (χ1) is 18.7. The van der Waals surface area contributed by atoms with E-state index in [0.717, 1.165) is 16.7 Å². The van der Waals surface area contributed by atoms with E-state index in [1.165, 1.54) is 0 Å². The van der Waals surface area contributed by atoms with Gasteiger partial charge in [0.2, 0.25) is 11.8 Å². The molecule has 0 aromatic heterocycles. The van der Waals surface area contributed by atoms with E-state index in [9.17, 15) is 9.59 Å². The number of benzene rings is 3. The fourth-order valence-electron chi connectivity index (χ4n) is 4.24. The monoisotopic (exact) mass is 570 g/mol.